The third kappa shape index (κ3) is 4.50. The molecule has 0 spiro atoms. The standard InChI is InChI=1S/C13H17Cl3N2O2/c1-13(2,7-19)18(3)6-11(20)17-12-9(15)4-8(14)5-10(12)16/h4-5,19H,6-7H2,1-3H3,(H,17,20). The number of benzene rings is 1. The Hall–Kier alpha value is -0.520. The van der Waals surface area contributed by atoms with E-state index < -0.39 is 5.54 Å². The zero-order chi connectivity index (χ0) is 15.5. The molecule has 0 saturated carbocycles. The number of amides is 1. The number of aliphatic hydroxyl groups excluding tert-OH is 1. The lowest BCUT2D eigenvalue weighted by molar-refractivity contribution is -0.118. The van der Waals surface area contributed by atoms with Gasteiger partial charge in [0.05, 0.1) is 28.9 Å². The minimum Gasteiger partial charge on any atom is -0.394 e. The molecular weight excluding hydrogens is 323 g/mol. The highest BCUT2D eigenvalue weighted by Crippen LogP contribution is 2.33. The second-order valence-electron chi connectivity index (χ2n) is 5.12. The highest BCUT2D eigenvalue weighted by Gasteiger charge is 2.24. The largest absolute Gasteiger partial charge is 0.394 e. The maximum atomic E-state index is 12.0. The number of aliphatic hydroxyl groups is 1. The summed E-state index contributed by atoms with van der Waals surface area (Å²) in [6.07, 6.45) is 0. The van der Waals surface area contributed by atoms with E-state index in [1.165, 1.54) is 12.1 Å². The van der Waals surface area contributed by atoms with Gasteiger partial charge in [0.1, 0.15) is 0 Å². The summed E-state index contributed by atoms with van der Waals surface area (Å²) >= 11 is 17.8. The third-order valence-electron chi connectivity index (χ3n) is 3.07. The molecule has 0 atom stereocenters. The molecule has 2 N–H and O–H groups in total. The van der Waals surface area contributed by atoms with Crippen LogP contribution in [0.2, 0.25) is 15.1 Å². The van der Waals surface area contributed by atoms with Gasteiger partial charge in [0.15, 0.2) is 0 Å². The highest BCUT2D eigenvalue weighted by molar-refractivity contribution is 6.42. The highest BCUT2D eigenvalue weighted by atomic mass is 35.5. The van der Waals surface area contributed by atoms with E-state index in [-0.39, 0.29) is 29.1 Å². The molecule has 0 saturated heterocycles. The molecule has 0 aliphatic heterocycles. The first kappa shape index (κ1) is 17.5. The van der Waals surface area contributed by atoms with Crippen LogP contribution in [0.25, 0.3) is 0 Å². The molecule has 0 unspecified atom stereocenters. The summed E-state index contributed by atoms with van der Waals surface area (Å²) in [6, 6.07) is 3.01. The van der Waals surface area contributed by atoms with Crippen LogP contribution in [0.1, 0.15) is 13.8 Å². The maximum Gasteiger partial charge on any atom is 0.238 e. The van der Waals surface area contributed by atoms with E-state index in [4.69, 9.17) is 34.8 Å². The van der Waals surface area contributed by atoms with Gasteiger partial charge in [0.2, 0.25) is 5.91 Å². The van der Waals surface area contributed by atoms with E-state index in [2.05, 4.69) is 5.32 Å². The average molecular weight is 340 g/mol. The van der Waals surface area contributed by atoms with Gasteiger partial charge in [-0.3, -0.25) is 9.69 Å². The van der Waals surface area contributed by atoms with Crippen LogP contribution in [0.4, 0.5) is 5.69 Å². The molecule has 1 rings (SSSR count). The summed E-state index contributed by atoms with van der Waals surface area (Å²) in [6.45, 7) is 3.72. The zero-order valence-corrected chi connectivity index (χ0v) is 13.8. The first-order chi connectivity index (χ1) is 9.17. The molecular formula is C13H17Cl3N2O2. The predicted molar refractivity (Wildman–Crippen MR) is 83.9 cm³/mol. The Kier molecular flexibility index (Phi) is 6.10. The van der Waals surface area contributed by atoms with Crippen LogP contribution >= 0.6 is 34.8 Å². The van der Waals surface area contributed by atoms with Gasteiger partial charge in [-0.05, 0) is 33.0 Å². The van der Waals surface area contributed by atoms with E-state index in [1.807, 2.05) is 13.8 Å². The SMILES string of the molecule is CN(CC(=O)Nc1c(Cl)cc(Cl)cc1Cl)C(C)(C)CO. The van der Waals surface area contributed by atoms with Crippen LogP contribution in [-0.4, -0.2) is 41.7 Å². The fraction of sp³-hybridized carbons (Fsp3) is 0.462. The van der Waals surface area contributed by atoms with Crippen LogP contribution in [-0.2, 0) is 4.79 Å². The summed E-state index contributed by atoms with van der Waals surface area (Å²) in [4.78, 5) is 13.7. The van der Waals surface area contributed by atoms with Crippen molar-refractivity contribution < 1.29 is 9.90 Å². The summed E-state index contributed by atoms with van der Waals surface area (Å²) in [5.41, 5.74) is -0.164. The number of halogens is 3. The lowest BCUT2D eigenvalue weighted by Crippen LogP contribution is -2.47. The summed E-state index contributed by atoms with van der Waals surface area (Å²) in [7, 11) is 1.75. The Morgan fingerprint density at radius 2 is 1.80 bits per heavy atom. The van der Waals surface area contributed by atoms with Crippen molar-refractivity contribution in [2.45, 2.75) is 19.4 Å². The van der Waals surface area contributed by atoms with Gasteiger partial charge in [0, 0.05) is 10.6 Å². The van der Waals surface area contributed by atoms with E-state index in [1.54, 1.807) is 11.9 Å². The first-order valence-corrected chi connectivity index (χ1v) is 7.07. The van der Waals surface area contributed by atoms with E-state index in [0.717, 1.165) is 0 Å². The molecule has 1 amide bonds. The van der Waals surface area contributed by atoms with E-state index in [0.29, 0.717) is 10.7 Å². The number of hydrogen-bond donors (Lipinski definition) is 2. The van der Waals surface area contributed by atoms with Crippen molar-refractivity contribution in [2.24, 2.45) is 0 Å². The lowest BCUT2D eigenvalue weighted by Gasteiger charge is -2.33. The van der Waals surface area contributed by atoms with Crippen LogP contribution in [0.15, 0.2) is 12.1 Å². The fourth-order valence-corrected chi connectivity index (χ4v) is 2.30. The lowest BCUT2D eigenvalue weighted by atomic mass is 10.1. The average Bonchev–Trinajstić information content (AvgIpc) is 2.33. The van der Waals surface area contributed by atoms with Crippen molar-refractivity contribution >= 4 is 46.4 Å². The second-order valence-corrected chi connectivity index (χ2v) is 6.37. The van der Waals surface area contributed by atoms with Crippen molar-refractivity contribution in [3.63, 3.8) is 0 Å². The van der Waals surface area contributed by atoms with Crippen molar-refractivity contribution in [1.29, 1.82) is 0 Å². The maximum absolute atomic E-state index is 12.0. The van der Waals surface area contributed by atoms with Crippen molar-refractivity contribution in [3.8, 4) is 0 Å². The molecule has 20 heavy (non-hydrogen) atoms. The second kappa shape index (κ2) is 6.96. The number of rotatable bonds is 5. The number of carbonyl (C=O) groups is 1. The number of likely N-dealkylation sites (N-methyl/N-ethyl adjacent to an activating group) is 1. The van der Waals surface area contributed by atoms with Gasteiger partial charge in [-0.1, -0.05) is 34.8 Å². The van der Waals surface area contributed by atoms with E-state index in [9.17, 15) is 9.90 Å². The van der Waals surface area contributed by atoms with Gasteiger partial charge < -0.3 is 10.4 Å². The number of carbonyl (C=O) groups excluding carboxylic acids is 1. The number of nitrogens with one attached hydrogen (secondary N) is 1. The minimum atomic E-state index is -0.495. The van der Waals surface area contributed by atoms with Crippen molar-refractivity contribution in [3.05, 3.63) is 27.2 Å². The molecule has 1 aromatic carbocycles. The van der Waals surface area contributed by atoms with Gasteiger partial charge in [-0.25, -0.2) is 0 Å². The van der Waals surface area contributed by atoms with Crippen molar-refractivity contribution in [1.82, 2.24) is 4.90 Å². The smallest absolute Gasteiger partial charge is 0.238 e. The van der Waals surface area contributed by atoms with Gasteiger partial charge in [-0.15, -0.1) is 0 Å². The molecule has 4 nitrogen and oxygen atoms in total. The van der Waals surface area contributed by atoms with Crippen LogP contribution in [0.5, 0.6) is 0 Å². The van der Waals surface area contributed by atoms with E-state index >= 15 is 0 Å². The molecule has 0 aromatic heterocycles. The molecule has 1 aromatic rings. The monoisotopic (exact) mass is 338 g/mol. The molecule has 0 bridgehead atoms. The Morgan fingerprint density at radius 1 is 1.30 bits per heavy atom. The van der Waals surface area contributed by atoms with Crippen LogP contribution in [0.3, 0.4) is 0 Å². The van der Waals surface area contributed by atoms with Crippen LogP contribution in [0, 0.1) is 0 Å². The quantitative estimate of drug-likeness (QED) is 0.865. The topological polar surface area (TPSA) is 52.6 Å². The number of nitrogens with zero attached hydrogens (tertiary/aromatic N) is 1. The normalized spacial score (nSPS) is 11.8. The van der Waals surface area contributed by atoms with Gasteiger partial charge >= 0.3 is 0 Å². The number of anilines is 1. The van der Waals surface area contributed by atoms with Crippen LogP contribution < -0.4 is 5.32 Å². The van der Waals surface area contributed by atoms with Gasteiger partial charge in [0.25, 0.3) is 0 Å². The molecule has 0 aliphatic rings. The summed E-state index contributed by atoms with van der Waals surface area (Å²) < 4.78 is 0. The Labute approximate surface area is 133 Å². The first-order valence-electron chi connectivity index (χ1n) is 5.94. The molecule has 0 aliphatic carbocycles. The minimum absolute atomic E-state index is 0.0563. The molecule has 0 fully saturated rings. The third-order valence-corrected chi connectivity index (χ3v) is 3.89. The molecule has 112 valence electrons. The summed E-state index contributed by atoms with van der Waals surface area (Å²) in [5.74, 6) is -0.278. The Morgan fingerprint density at radius 3 is 2.25 bits per heavy atom. The Bertz CT molecular complexity index is 483. The number of hydrogen-bond acceptors (Lipinski definition) is 3. The molecule has 0 heterocycles. The fourth-order valence-electron chi connectivity index (χ4n) is 1.39. The predicted octanol–water partition coefficient (Wildman–Crippen LogP) is 3.29. The zero-order valence-electron chi connectivity index (χ0n) is 11.5. The summed E-state index contributed by atoms with van der Waals surface area (Å²) in [5, 5.41) is 12.9. The van der Waals surface area contributed by atoms with Crippen molar-refractivity contribution in [2.75, 3.05) is 25.5 Å². The molecule has 0 radical (unpaired) electrons. The molecule has 7 heteroatoms. The Balaban J connectivity index is 2.78. The van der Waals surface area contributed by atoms with Gasteiger partial charge in [-0.2, -0.15) is 0 Å².